The van der Waals surface area contributed by atoms with Crippen molar-refractivity contribution in [3.8, 4) is 0 Å². The molecule has 0 spiro atoms. The van der Waals surface area contributed by atoms with E-state index in [0.717, 1.165) is 11.3 Å². The zero-order valence-corrected chi connectivity index (χ0v) is 19.0. The van der Waals surface area contributed by atoms with Crippen molar-refractivity contribution in [2.24, 2.45) is 0 Å². The summed E-state index contributed by atoms with van der Waals surface area (Å²) in [6.07, 6.45) is 0.623. The molecule has 3 rings (SSSR count). The van der Waals surface area contributed by atoms with E-state index < -0.39 is 15.1 Å². The third-order valence-corrected chi connectivity index (χ3v) is 9.25. The molecule has 9 heteroatoms. The lowest BCUT2D eigenvalue weighted by molar-refractivity contribution is -0.121. The molecule has 0 aliphatic carbocycles. The third-order valence-electron chi connectivity index (χ3n) is 4.86. The molecule has 0 radical (unpaired) electrons. The summed E-state index contributed by atoms with van der Waals surface area (Å²) in [5.74, 6) is -0.434. The number of nitrogens with one attached hydrogen (secondary N) is 2. The Bertz CT molecular complexity index is 1030. The van der Waals surface area contributed by atoms with Gasteiger partial charge in [0.05, 0.1) is 21.1 Å². The van der Waals surface area contributed by atoms with Gasteiger partial charge < -0.3 is 10.6 Å². The molecule has 1 aliphatic heterocycles. The maximum Gasteiger partial charge on any atom is 0.237 e. The predicted octanol–water partition coefficient (Wildman–Crippen LogP) is 3.40. The molecule has 2 N–H and O–H groups in total. The first kappa shape index (κ1) is 21.9. The highest BCUT2D eigenvalue weighted by Crippen LogP contribution is 2.37. The Morgan fingerprint density at radius 1 is 1.31 bits per heavy atom. The third kappa shape index (κ3) is 5.02. The highest BCUT2D eigenvalue weighted by Gasteiger charge is 2.29. The van der Waals surface area contributed by atoms with E-state index in [1.165, 1.54) is 35.2 Å². The summed E-state index contributed by atoms with van der Waals surface area (Å²) in [6.45, 7) is 5.84. The van der Waals surface area contributed by atoms with E-state index in [2.05, 4.69) is 10.6 Å². The fourth-order valence-corrected chi connectivity index (χ4v) is 6.23. The van der Waals surface area contributed by atoms with E-state index in [1.54, 1.807) is 30.4 Å². The Hall–Kier alpha value is -1.84. The fourth-order valence-electron chi connectivity index (χ4n) is 3.02. The molecule has 2 amide bonds. The standard InChI is InChI=1S/C20H24N2O4S3/c1-12-7-9-27-17(12)6-8-21-19(23)10-13(2)29(25,26)15-4-5-18-16(11-15)22-20(24)14(3)28-18/h4-5,7,9,11,13-14H,6,8,10H2,1-3H3,(H,21,23)(H,22,24)/t13-,14+/m1/s1. The predicted molar refractivity (Wildman–Crippen MR) is 117 cm³/mol. The average Bonchev–Trinajstić information content (AvgIpc) is 3.07. The maximum absolute atomic E-state index is 12.9. The summed E-state index contributed by atoms with van der Waals surface area (Å²) >= 11 is 3.05. The van der Waals surface area contributed by atoms with Crippen molar-refractivity contribution in [3.05, 3.63) is 40.1 Å². The minimum Gasteiger partial charge on any atom is -0.356 e. The number of hydrogen-bond donors (Lipinski definition) is 2. The summed E-state index contributed by atoms with van der Waals surface area (Å²) in [7, 11) is -3.69. The molecule has 6 nitrogen and oxygen atoms in total. The van der Waals surface area contributed by atoms with E-state index in [0.29, 0.717) is 12.2 Å². The Morgan fingerprint density at radius 3 is 2.76 bits per heavy atom. The SMILES string of the molecule is Cc1ccsc1CCNC(=O)C[C@@H](C)S(=O)(=O)c1ccc2c(c1)NC(=O)[C@H](C)S2. The lowest BCUT2D eigenvalue weighted by Crippen LogP contribution is -2.31. The highest BCUT2D eigenvalue weighted by atomic mass is 32.2. The zero-order valence-electron chi connectivity index (χ0n) is 16.5. The zero-order chi connectivity index (χ0) is 21.2. The molecule has 2 aromatic rings. The van der Waals surface area contributed by atoms with Crippen molar-refractivity contribution in [1.29, 1.82) is 0 Å². The Balaban J connectivity index is 1.61. The normalized spacial score (nSPS) is 17.3. The van der Waals surface area contributed by atoms with Gasteiger partial charge in [-0.2, -0.15) is 0 Å². The van der Waals surface area contributed by atoms with Gasteiger partial charge in [0.2, 0.25) is 11.8 Å². The summed E-state index contributed by atoms with van der Waals surface area (Å²) in [6, 6.07) is 6.77. The molecule has 29 heavy (non-hydrogen) atoms. The molecule has 0 unspecified atom stereocenters. The van der Waals surface area contributed by atoms with Gasteiger partial charge in [0, 0.05) is 22.7 Å². The summed E-state index contributed by atoms with van der Waals surface area (Å²) in [5.41, 5.74) is 1.70. The topological polar surface area (TPSA) is 92.3 Å². The number of sulfone groups is 1. The monoisotopic (exact) mass is 452 g/mol. The Labute approximate surface area is 179 Å². The number of rotatable bonds is 7. The number of fused-ring (bicyclic) bond motifs is 1. The number of carbonyl (C=O) groups is 2. The fraction of sp³-hybridized carbons (Fsp3) is 0.400. The van der Waals surface area contributed by atoms with E-state index in [-0.39, 0.29) is 28.4 Å². The Morgan fingerprint density at radius 2 is 2.07 bits per heavy atom. The summed E-state index contributed by atoms with van der Waals surface area (Å²) < 4.78 is 25.8. The molecule has 0 bridgehead atoms. The average molecular weight is 453 g/mol. The van der Waals surface area contributed by atoms with Crippen LogP contribution in [-0.2, 0) is 25.8 Å². The molecule has 0 saturated heterocycles. The minimum atomic E-state index is -3.69. The van der Waals surface area contributed by atoms with Crippen molar-refractivity contribution in [2.75, 3.05) is 11.9 Å². The number of thioether (sulfide) groups is 1. The van der Waals surface area contributed by atoms with Crippen LogP contribution in [0.5, 0.6) is 0 Å². The second kappa shape index (κ2) is 8.89. The number of anilines is 1. The molecular weight excluding hydrogens is 428 g/mol. The van der Waals surface area contributed by atoms with E-state index in [4.69, 9.17) is 0 Å². The van der Waals surface area contributed by atoms with Crippen LogP contribution in [0.1, 0.15) is 30.7 Å². The Kier molecular flexibility index (Phi) is 6.70. The lowest BCUT2D eigenvalue weighted by Gasteiger charge is -2.22. The molecular formula is C20H24N2O4S3. The summed E-state index contributed by atoms with van der Waals surface area (Å²) in [4.78, 5) is 26.3. The second-order valence-electron chi connectivity index (χ2n) is 7.09. The molecule has 2 heterocycles. The van der Waals surface area contributed by atoms with Gasteiger partial charge >= 0.3 is 0 Å². The number of thiophene rings is 1. The molecule has 0 fully saturated rings. The summed E-state index contributed by atoms with van der Waals surface area (Å²) in [5, 5.41) is 6.48. The van der Waals surface area contributed by atoms with Gasteiger partial charge in [0.15, 0.2) is 9.84 Å². The molecule has 156 valence electrons. The van der Waals surface area contributed by atoms with E-state index in [9.17, 15) is 18.0 Å². The number of amides is 2. The van der Waals surface area contributed by atoms with Crippen LogP contribution in [0.3, 0.4) is 0 Å². The second-order valence-corrected chi connectivity index (χ2v) is 11.8. The quantitative estimate of drug-likeness (QED) is 0.672. The van der Waals surface area contributed by atoms with Crippen molar-refractivity contribution < 1.29 is 18.0 Å². The van der Waals surface area contributed by atoms with Crippen molar-refractivity contribution in [3.63, 3.8) is 0 Å². The molecule has 1 aliphatic rings. The number of aryl methyl sites for hydroxylation is 1. The van der Waals surface area contributed by atoms with E-state index >= 15 is 0 Å². The van der Waals surface area contributed by atoms with Gasteiger partial charge in [-0.15, -0.1) is 23.1 Å². The molecule has 2 atom stereocenters. The van der Waals surface area contributed by atoms with Crippen LogP contribution in [0.2, 0.25) is 0 Å². The van der Waals surface area contributed by atoms with Crippen LogP contribution in [0, 0.1) is 6.92 Å². The number of hydrogen-bond acceptors (Lipinski definition) is 6. The minimum absolute atomic E-state index is 0.110. The van der Waals surface area contributed by atoms with Crippen LogP contribution in [-0.4, -0.2) is 37.3 Å². The largest absolute Gasteiger partial charge is 0.356 e. The molecule has 1 aromatic carbocycles. The first-order chi connectivity index (χ1) is 13.7. The van der Waals surface area contributed by atoms with Gasteiger partial charge in [-0.1, -0.05) is 0 Å². The number of benzene rings is 1. The van der Waals surface area contributed by atoms with Crippen molar-refractivity contribution >= 4 is 50.4 Å². The van der Waals surface area contributed by atoms with Gasteiger partial charge in [-0.25, -0.2) is 8.42 Å². The molecule has 0 saturated carbocycles. The van der Waals surface area contributed by atoms with E-state index in [1.807, 2.05) is 18.4 Å². The van der Waals surface area contributed by atoms with Crippen LogP contribution in [0.4, 0.5) is 5.69 Å². The maximum atomic E-state index is 12.9. The van der Waals surface area contributed by atoms with Crippen molar-refractivity contribution in [2.45, 2.75) is 53.9 Å². The lowest BCUT2D eigenvalue weighted by atomic mass is 10.2. The van der Waals surface area contributed by atoms with Gasteiger partial charge in [-0.05, 0) is 62.4 Å². The van der Waals surface area contributed by atoms with Crippen LogP contribution >= 0.6 is 23.1 Å². The van der Waals surface area contributed by atoms with Crippen molar-refractivity contribution in [1.82, 2.24) is 5.32 Å². The highest BCUT2D eigenvalue weighted by molar-refractivity contribution is 8.01. The van der Waals surface area contributed by atoms with Crippen LogP contribution in [0.15, 0.2) is 39.4 Å². The first-order valence-electron chi connectivity index (χ1n) is 9.33. The van der Waals surface area contributed by atoms with Gasteiger partial charge in [0.1, 0.15) is 0 Å². The first-order valence-corrected chi connectivity index (χ1v) is 12.6. The van der Waals surface area contributed by atoms with Gasteiger partial charge in [-0.3, -0.25) is 9.59 Å². The molecule has 1 aromatic heterocycles. The smallest absolute Gasteiger partial charge is 0.237 e. The van der Waals surface area contributed by atoms with Gasteiger partial charge in [0.25, 0.3) is 0 Å². The van der Waals surface area contributed by atoms with Crippen LogP contribution in [0.25, 0.3) is 0 Å². The number of carbonyl (C=O) groups excluding carboxylic acids is 2. The van der Waals surface area contributed by atoms with Crippen LogP contribution < -0.4 is 10.6 Å².